The Balaban J connectivity index is 0.000000456. The molecule has 2 rings (SSSR count). The van der Waals surface area contributed by atoms with Crippen LogP contribution in [0, 0.1) is 0 Å². The summed E-state index contributed by atoms with van der Waals surface area (Å²) < 4.78 is 35.1. The summed E-state index contributed by atoms with van der Waals surface area (Å²) >= 11 is 5.67. The zero-order valence-corrected chi connectivity index (χ0v) is 15.7. The molecule has 24 heavy (non-hydrogen) atoms. The van der Waals surface area contributed by atoms with E-state index in [1.807, 2.05) is 20.8 Å². The average molecular weight is 378 g/mol. The number of halogens is 1. The number of carbonyl (C=O) groups excluding carboxylic acids is 1. The van der Waals surface area contributed by atoms with E-state index in [9.17, 15) is 13.2 Å². The molecule has 136 valence electrons. The molecule has 0 aromatic heterocycles. The lowest BCUT2D eigenvalue weighted by atomic mass is 10.1. The van der Waals surface area contributed by atoms with Crippen molar-refractivity contribution in [2.75, 3.05) is 19.8 Å². The van der Waals surface area contributed by atoms with Gasteiger partial charge in [0.25, 0.3) is 0 Å². The van der Waals surface area contributed by atoms with Gasteiger partial charge in [-0.2, -0.15) is 0 Å². The molecule has 0 aliphatic carbocycles. The van der Waals surface area contributed by atoms with Crippen LogP contribution in [-0.2, 0) is 19.5 Å². The van der Waals surface area contributed by atoms with Crippen molar-refractivity contribution in [2.24, 2.45) is 0 Å². The zero-order chi connectivity index (χ0) is 18.8. The molecule has 0 saturated heterocycles. The number of sulfonamides is 1. The van der Waals surface area contributed by atoms with Gasteiger partial charge >= 0.3 is 0 Å². The molecule has 0 spiro atoms. The van der Waals surface area contributed by atoms with Gasteiger partial charge in [0.05, 0.1) is 11.4 Å². The Morgan fingerprint density at radius 2 is 1.79 bits per heavy atom. The molecule has 6 nitrogen and oxygen atoms in total. The molecule has 1 heterocycles. The van der Waals surface area contributed by atoms with Crippen LogP contribution in [0.2, 0.25) is 5.02 Å². The number of rotatable bonds is 4. The standard InChI is InChI=1S/C8H6ClNO3S.C6H14O2.C2H4/c9-5-1-2-8-6(3-5)7(11)4-10-14(8,12)13;1-4-7-6(3)8-5-2;1-2/h1-3,10H,4H2;6H,4-5H2,1-3H3;1-2H2. The SMILES string of the molecule is C=C.CCOC(C)OCC.O=C1CNS(=O)(=O)c2ccc(Cl)cc21. The minimum atomic E-state index is -3.52. The van der Waals surface area contributed by atoms with Crippen molar-refractivity contribution in [3.8, 4) is 0 Å². The van der Waals surface area contributed by atoms with E-state index in [1.165, 1.54) is 18.2 Å². The molecule has 0 atom stereocenters. The number of ether oxygens (including phenoxy) is 2. The maximum Gasteiger partial charge on any atom is 0.241 e. The van der Waals surface area contributed by atoms with Gasteiger partial charge in [0.1, 0.15) is 0 Å². The van der Waals surface area contributed by atoms with Crippen molar-refractivity contribution in [2.45, 2.75) is 32.0 Å². The smallest absolute Gasteiger partial charge is 0.241 e. The van der Waals surface area contributed by atoms with E-state index in [4.69, 9.17) is 21.1 Å². The van der Waals surface area contributed by atoms with Crippen LogP contribution in [0.4, 0.5) is 0 Å². The summed E-state index contributed by atoms with van der Waals surface area (Å²) in [4.78, 5) is 11.3. The van der Waals surface area contributed by atoms with Crippen molar-refractivity contribution in [3.63, 3.8) is 0 Å². The van der Waals surface area contributed by atoms with E-state index in [2.05, 4.69) is 17.9 Å². The molecular formula is C16H24ClNO5S. The van der Waals surface area contributed by atoms with Crippen molar-refractivity contribution >= 4 is 27.4 Å². The minimum absolute atomic E-state index is 0.00171. The average Bonchev–Trinajstić information content (AvgIpc) is 2.54. The van der Waals surface area contributed by atoms with Crippen LogP contribution < -0.4 is 4.72 Å². The summed E-state index contributed by atoms with van der Waals surface area (Å²) in [7, 11) is -3.52. The summed E-state index contributed by atoms with van der Waals surface area (Å²) in [6.07, 6.45) is -0.0370. The Bertz CT molecular complexity index is 627. The van der Waals surface area contributed by atoms with Gasteiger partial charge in [-0.1, -0.05) is 11.6 Å². The Labute approximate surface area is 148 Å². The van der Waals surface area contributed by atoms with Crippen molar-refractivity contribution in [1.82, 2.24) is 4.72 Å². The fourth-order valence-corrected chi connectivity index (χ4v) is 3.16. The third-order valence-electron chi connectivity index (χ3n) is 2.76. The van der Waals surface area contributed by atoms with Crippen LogP contribution in [0.5, 0.6) is 0 Å². The summed E-state index contributed by atoms with van der Waals surface area (Å²) in [5.41, 5.74) is 0.163. The third kappa shape index (κ3) is 7.11. The quantitative estimate of drug-likeness (QED) is 0.644. The van der Waals surface area contributed by atoms with Crippen molar-refractivity contribution in [3.05, 3.63) is 41.9 Å². The molecule has 0 unspecified atom stereocenters. The maximum atomic E-state index is 11.4. The molecule has 0 fully saturated rings. The first kappa shape index (κ1) is 22.8. The Morgan fingerprint density at radius 3 is 2.29 bits per heavy atom. The van der Waals surface area contributed by atoms with Gasteiger partial charge in [-0.25, -0.2) is 13.1 Å². The van der Waals surface area contributed by atoms with Gasteiger partial charge in [0.2, 0.25) is 10.0 Å². The predicted molar refractivity (Wildman–Crippen MR) is 94.9 cm³/mol. The summed E-state index contributed by atoms with van der Waals surface area (Å²) in [5, 5.41) is 0.356. The second-order valence-corrected chi connectivity index (χ2v) is 6.54. The van der Waals surface area contributed by atoms with Gasteiger partial charge in [-0.3, -0.25) is 4.79 Å². The van der Waals surface area contributed by atoms with E-state index in [0.717, 1.165) is 13.2 Å². The number of ketones is 1. The monoisotopic (exact) mass is 377 g/mol. The maximum absolute atomic E-state index is 11.4. The lowest BCUT2D eigenvalue weighted by Gasteiger charge is -2.15. The van der Waals surface area contributed by atoms with E-state index in [0.29, 0.717) is 5.02 Å². The lowest BCUT2D eigenvalue weighted by molar-refractivity contribution is -0.123. The number of hydrogen-bond donors (Lipinski definition) is 1. The van der Waals surface area contributed by atoms with E-state index in [-0.39, 0.29) is 29.1 Å². The van der Waals surface area contributed by atoms with Crippen LogP contribution in [0.15, 0.2) is 36.3 Å². The lowest BCUT2D eigenvalue weighted by Crippen LogP contribution is -2.36. The van der Waals surface area contributed by atoms with Gasteiger partial charge < -0.3 is 9.47 Å². The highest BCUT2D eigenvalue weighted by molar-refractivity contribution is 7.89. The normalized spacial score (nSPS) is 14.8. The van der Waals surface area contributed by atoms with Crippen LogP contribution in [0.3, 0.4) is 0 Å². The summed E-state index contributed by atoms with van der Waals surface area (Å²) in [5.74, 6) is -0.266. The Kier molecular flexibility index (Phi) is 10.7. The topological polar surface area (TPSA) is 81.7 Å². The van der Waals surface area contributed by atoms with E-state index >= 15 is 0 Å². The molecule has 0 bridgehead atoms. The number of benzene rings is 1. The number of nitrogens with one attached hydrogen (secondary N) is 1. The number of hydrogen-bond acceptors (Lipinski definition) is 5. The fourth-order valence-electron chi connectivity index (χ4n) is 1.81. The Hall–Kier alpha value is -1.25. The first-order valence-corrected chi connectivity index (χ1v) is 9.23. The molecule has 1 N–H and O–H groups in total. The fraction of sp³-hybridized carbons (Fsp3) is 0.438. The van der Waals surface area contributed by atoms with Crippen LogP contribution in [-0.4, -0.2) is 40.2 Å². The molecule has 1 aromatic rings. The van der Waals surface area contributed by atoms with Gasteiger partial charge in [0.15, 0.2) is 12.1 Å². The van der Waals surface area contributed by atoms with Crippen LogP contribution in [0.25, 0.3) is 0 Å². The predicted octanol–water partition coefficient (Wildman–Crippen LogP) is 3.02. The highest BCUT2D eigenvalue weighted by Gasteiger charge is 2.28. The zero-order valence-electron chi connectivity index (χ0n) is 14.2. The highest BCUT2D eigenvalue weighted by Crippen LogP contribution is 2.23. The molecule has 8 heteroatoms. The van der Waals surface area contributed by atoms with Crippen molar-refractivity contribution in [1.29, 1.82) is 0 Å². The molecule has 0 amide bonds. The largest absolute Gasteiger partial charge is 0.353 e. The number of carbonyl (C=O) groups is 1. The van der Waals surface area contributed by atoms with E-state index in [1.54, 1.807) is 0 Å². The van der Waals surface area contributed by atoms with Crippen LogP contribution >= 0.6 is 11.6 Å². The molecule has 1 aromatic carbocycles. The Morgan fingerprint density at radius 1 is 1.25 bits per heavy atom. The van der Waals surface area contributed by atoms with Gasteiger partial charge in [-0.05, 0) is 39.0 Å². The second kappa shape index (κ2) is 11.3. The summed E-state index contributed by atoms with van der Waals surface area (Å²) in [6, 6.07) is 4.15. The van der Waals surface area contributed by atoms with E-state index < -0.39 is 10.0 Å². The second-order valence-electron chi connectivity index (χ2n) is 4.37. The number of Topliss-reactive ketones (excluding diaryl/α,β-unsaturated/α-hetero) is 1. The molecule has 0 radical (unpaired) electrons. The molecule has 1 aliphatic heterocycles. The first-order valence-electron chi connectivity index (χ1n) is 7.37. The van der Waals surface area contributed by atoms with Crippen molar-refractivity contribution < 1.29 is 22.7 Å². The molecule has 0 saturated carbocycles. The molecule has 1 aliphatic rings. The number of fused-ring (bicyclic) bond motifs is 1. The minimum Gasteiger partial charge on any atom is -0.353 e. The van der Waals surface area contributed by atoms with Gasteiger partial charge in [-0.15, -0.1) is 13.2 Å². The highest BCUT2D eigenvalue weighted by atomic mass is 35.5. The van der Waals surface area contributed by atoms with Gasteiger partial charge in [0, 0.05) is 23.8 Å². The first-order chi connectivity index (χ1) is 11.3. The third-order valence-corrected chi connectivity index (χ3v) is 4.45. The molecular weight excluding hydrogens is 354 g/mol. The summed E-state index contributed by atoms with van der Waals surface area (Å²) in [6.45, 7) is 13.1. The van der Waals surface area contributed by atoms with Crippen LogP contribution in [0.1, 0.15) is 31.1 Å².